The van der Waals surface area contributed by atoms with Crippen LogP contribution in [0.3, 0.4) is 0 Å². The van der Waals surface area contributed by atoms with Crippen LogP contribution in [0.25, 0.3) is 10.9 Å². The van der Waals surface area contributed by atoms with Crippen molar-refractivity contribution in [1.82, 2.24) is 26.1 Å². The van der Waals surface area contributed by atoms with Crippen LogP contribution in [-0.4, -0.2) is 70.1 Å². The number of hydrogen-bond acceptors (Lipinski definition) is 8. The molecule has 0 aliphatic carbocycles. The van der Waals surface area contributed by atoms with Crippen molar-refractivity contribution in [1.29, 1.82) is 0 Å². The van der Waals surface area contributed by atoms with Gasteiger partial charge in [-0.15, -0.1) is 0 Å². The fourth-order valence-electron chi connectivity index (χ4n) is 5.10. The molecule has 0 radical (unpaired) electrons. The van der Waals surface area contributed by atoms with Crippen molar-refractivity contribution in [2.45, 2.75) is 84.5 Å². The number of ether oxygens (including phenoxy) is 1. The summed E-state index contributed by atoms with van der Waals surface area (Å²) in [6.07, 6.45) is 0.744. The van der Waals surface area contributed by atoms with Crippen LogP contribution in [0.15, 0.2) is 30.3 Å². The monoisotopic (exact) mass is 567 g/mol. The van der Waals surface area contributed by atoms with Crippen molar-refractivity contribution in [3.63, 3.8) is 0 Å². The Balaban J connectivity index is 1.68. The molecule has 5 atom stereocenters. The number of carbonyl (C=O) groups excluding carboxylic acids is 4. The van der Waals surface area contributed by atoms with E-state index in [9.17, 15) is 24.3 Å². The van der Waals surface area contributed by atoms with Crippen LogP contribution in [0.1, 0.15) is 71.2 Å². The molecule has 5 bridgehead atoms. The number of nitrogens with one attached hydrogen (secondary N) is 3. The summed E-state index contributed by atoms with van der Waals surface area (Å²) in [7, 11) is 0. The number of cyclic esters (lactones) is 1. The molecule has 2 aliphatic heterocycles. The zero-order chi connectivity index (χ0) is 29.9. The molecule has 0 spiro atoms. The molecule has 4 N–H and O–H groups in total. The number of rotatable bonds is 2. The van der Waals surface area contributed by atoms with Gasteiger partial charge in [0.1, 0.15) is 12.1 Å². The van der Waals surface area contributed by atoms with Crippen molar-refractivity contribution in [3.05, 3.63) is 41.6 Å². The average Bonchev–Trinajstić information content (AvgIpc) is 2.96. The van der Waals surface area contributed by atoms with Gasteiger partial charge in [0.15, 0.2) is 6.10 Å². The van der Waals surface area contributed by atoms with E-state index < -0.39 is 48.0 Å². The van der Waals surface area contributed by atoms with Crippen LogP contribution in [0.4, 0.5) is 0 Å². The van der Waals surface area contributed by atoms with E-state index >= 15 is 0 Å². The molecule has 1 fully saturated rings. The van der Waals surface area contributed by atoms with Crippen LogP contribution in [0, 0.1) is 11.3 Å². The predicted molar refractivity (Wildman–Crippen MR) is 152 cm³/mol. The summed E-state index contributed by atoms with van der Waals surface area (Å²) in [4.78, 5) is 57.7. The van der Waals surface area contributed by atoms with Gasteiger partial charge in [0.25, 0.3) is 11.8 Å². The van der Waals surface area contributed by atoms with Gasteiger partial charge in [0.2, 0.25) is 5.91 Å². The number of hydrazine groups is 1. The molecular weight excluding hydrogens is 526 g/mol. The van der Waals surface area contributed by atoms with Gasteiger partial charge in [-0.2, -0.15) is 0 Å². The number of benzene rings is 1. The summed E-state index contributed by atoms with van der Waals surface area (Å²) in [5.74, 6) is -2.32. The van der Waals surface area contributed by atoms with Gasteiger partial charge in [-0.3, -0.25) is 29.2 Å². The molecule has 2 aliphatic rings. The van der Waals surface area contributed by atoms with E-state index in [1.165, 1.54) is 5.01 Å². The Labute approximate surface area is 240 Å². The highest BCUT2D eigenvalue weighted by Crippen LogP contribution is 2.28. The second-order valence-electron chi connectivity index (χ2n) is 11.8. The van der Waals surface area contributed by atoms with E-state index in [4.69, 9.17) is 9.72 Å². The zero-order valence-electron chi connectivity index (χ0n) is 24.4. The lowest BCUT2D eigenvalue weighted by Crippen LogP contribution is -2.61. The Hall–Kier alpha value is -3.57. The molecule has 1 aromatic heterocycles. The lowest BCUT2D eigenvalue weighted by molar-refractivity contribution is -0.170. The molecule has 41 heavy (non-hydrogen) atoms. The highest BCUT2D eigenvalue weighted by Gasteiger charge is 2.39. The normalized spacial score (nSPS) is 28.8. The van der Waals surface area contributed by atoms with E-state index in [1.54, 1.807) is 27.7 Å². The number of carbonyl (C=O) groups is 4. The number of aliphatic hydroxyl groups is 1. The Morgan fingerprint density at radius 3 is 2.49 bits per heavy atom. The Morgan fingerprint density at radius 2 is 1.78 bits per heavy atom. The number of pyridine rings is 1. The highest BCUT2D eigenvalue weighted by atomic mass is 16.6. The van der Waals surface area contributed by atoms with Gasteiger partial charge in [-0.1, -0.05) is 32.0 Å². The van der Waals surface area contributed by atoms with Crippen molar-refractivity contribution in [2.24, 2.45) is 11.3 Å². The number of amides is 3. The summed E-state index contributed by atoms with van der Waals surface area (Å²) in [5.41, 5.74) is 4.13. The van der Waals surface area contributed by atoms with Gasteiger partial charge in [0, 0.05) is 11.9 Å². The van der Waals surface area contributed by atoms with E-state index in [0.717, 1.165) is 16.5 Å². The van der Waals surface area contributed by atoms with Crippen LogP contribution in [0.5, 0.6) is 0 Å². The second-order valence-corrected chi connectivity index (χ2v) is 11.8. The third kappa shape index (κ3) is 6.84. The molecular formula is C30H41N5O6. The fourth-order valence-corrected chi connectivity index (χ4v) is 5.10. The number of hydrogen-bond donors (Lipinski definition) is 4. The van der Waals surface area contributed by atoms with Crippen LogP contribution < -0.4 is 16.1 Å². The van der Waals surface area contributed by atoms with Crippen molar-refractivity contribution < 1.29 is 29.0 Å². The minimum absolute atomic E-state index is 0.247. The standard InChI is InChI=1S/C30H41N5O6/c1-17(2)25-27(38)32-19(4)28(39)35-14-6-7-23(34-35)26(37)31-18(3)22-11-10-21-9-8-20(15-24(21)33-22)12-13-30(5,16-36)29(40)41-25/h8-11,15,17-19,23,25,34,36H,6-7,12-14,16H2,1-5H3,(H,31,37)(H,32,38)/t18-,19+,23+,25+,30-/m1/s1. The van der Waals surface area contributed by atoms with Crippen molar-refractivity contribution in [2.75, 3.05) is 13.2 Å². The number of nitrogens with zero attached hydrogens (tertiary/aromatic N) is 2. The first-order valence-corrected chi connectivity index (χ1v) is 14.3. The number of aryl methyl sites for hydroxylation is 1. The van der Waals surface area contributed by atoms with Gasteiger partial charge in [-0.25, -0.2) is 5.43 Å². The molecule has 3 heterocycles. The third-order valence-corrected chi connectivity index (χ3v) is 7.98. The summed E-state index contributed by atoms with van der Waals surface area (Å²) >= 11 is 0. The Morgan fingerprint density at radius 1 is 1.07 bits per heavy atom. The van der Waals surface area contributed by atoms with E-state index in [-0.39, 0.29) is 24.3 Å². The molecule has 0 unspecified atom stereocenters. The Kier molecular flexibility index (Phi) is 9.28. The average molecular weight is 568 g/mol. The molecule has 222 valence electrons. The molecule has 1 aromatic carbocycles. The van der Waals surface area contributed by atoms with E-state index in [2.05, 4.69) is 16.1 Å². The molecule has 4 rings (SSSR count). The predicted octanol–water partition coefficient (Wildman–Crippen LogP) is 1.92. The summed E-state index contributed by atoms with van der Waals surface area (Å²) in [6, 6.07) is 7.74. The molecule has 1 saturated heterocycles. The summed E-state index contributed by atoms with van der Waals surface area (Å²) < 4.78 is 5.68. The van der Waals surface area contributed by atoms with Gasteiger partial charge in [-0.05, 0) is 70.1 Å². The van der Waals surface area contributed by atoms with Gasteiger partial charge in [0.05, 0.1) is 29.3 Å². The first kappa shape index (κ1) is 30.4. The first-order valence-electron chi connectivity index (χ1n) is 14.3. The Bertz CT molecular complexity index is 1320. The van der Waals surface area contributed by atoms with Gasteiger partial charge < -0.3 is 20.5 Å². The fraction of sp³-hybridized carbons (Fsp3) is 0.567. The minimum atomic E-state index is -1.25. The smallest absolute Gasteiger partial charge is 0.314 e. The molecule has 2 aromatic rings. The SMILES string of the molecule is CC(C)[C@@H]1OC(=O)[C@@](C)(CO)CCc2ccc3ccc(nc3c2)[C@@H](C)NC(=O)[C@@H]2CCCN(N2)C(=O)[C@H](C)NC1=O. The maximum atomic E-state index is 13.3. The third-order valence-electron chi connectivity index (χ3n) is 7.98. The maximum Gasteiger partial charge on any atom is 0.314 e. The molecule has 11 heteroatoms. The number of aliphatic hydroxyl groups excluding tert-OH is 1. The number of aromatic nitrogens is 1. The first-order chi connectivity index (χ1) is 19.4. The minimum Gasteiger partial charge on any atom is -0.451 e. The maximum absolute atomic E-state index is 13.3. The second kappa shape index (κ2) is 12.5. The summed E-state index contributed by atoms with van der Waals surface area (Å²) in [6.45, 7) is 8.44. The molecule has 3 amide bonds. The quantitative estimate of drug-likeness (QED) is 0.402. The van der Waals surface area contributed by atoms with Crippen molar-refractivity contribution in [3.8, 4) is 0 Å². The van der Waals surface area contributed by atoms with Crippen LogP contribution >= 0.6 is 0 Å². The van der Waals surface area contributed by atoms with Gasteiger partial charge >= 0.3 is 5.97 Å². The largest absolute Gasteiger partial charge is 0.451 e. The molecule has 11 nitrogen and oxygen atoms in total. The van der Waals surface area contributed by atoms with Crippen molar-refractivity contribution >= 4 is 34.6 Å². The van der Waals surface area contributed by atoms with Crippen LogP contribution in [0.2, 0.25) is 0 Å². The van der Waals surface area contributed by atoms with Crippen LogP contribution in [-0.2, 0) is 30.3 Å². The zero-order valence-corrected chi connectivity index (χ0v) is 24.4. The highest BCUT2D eigenvalue weighted by molar-refractivity contribution is 5.91. The lowest BCUT2D eigenvalue weighted by atomic mass is 9.84. The molecule has 0 saturated carbocycles. The number of fused-ring (bicyclic) bond motifs is 4. The summed E-state index contributed by atoms with van der Waals surface area (Å²) in [5, 5.41) is 18.2. The van der Waals surface area contributed by atoms with E-state index in [0.29, 0.717) is 31.5 Å². The number of esters is 1. The topological polar surface area (TPSA) is 150 Å². The lowest BCUT2D eigenvalue weighted by Gasteiger charge is -2.35. The van der Waals surface area contributed by atoms with E-state index in [1.807, 2.05) is 37.3 Å².